The van der Waals surface area contributed by atoms with Crippen LogP contribution in [-0.2, 0) is 19.1 Å². The molecule has 0 saturated carbocycles. The van der Waals surface area contributed by atoms with Crippen molar-refractivity contribution in [3.8, 4) is 0 Å². The number of carbonyl (C=O) groups excluding carboxylic acids is 3. The maximum atomic E-state index is 12.1. The zero-order chi connectivity index (χ0) is 20.4. The standard InChI is InChI=1S/C20H30N2O5/c1-6-22(7-2)16-10-8-15(9-11-16)19(24)27-13-18(23)21-17(12-14(3)4)20(25)26-5/h8-11,14,17H,6-7,12-13H2,1-5H3,(H,21,23)/t17-/m1/s1. The van der Waals surface area contributed by atoms with Crippen molar-refractivity contribution >= 4 is 23.5 Å². The van der Waals surface area contributed by atoms with Crippen molar-refractivity contribution in [2.24, 2.45) is 5.92 Å². The van der Waals surface area contributed by atoms with Crippen molar-refractivity contribution < 1.29 is 23.9 Å². The molecule has 1 atom stereocenters. The van der Waals surface area contributed by atoms with Gasteiger partial charge in [0.05, 0.1) is 12.7 Å². The smallest absolute Gasteiger partial charge is 0.338 e. The molecule has 0 spiro atoms. The van der Waals surface area contributed by atoms with E-state index in [2.05, 4.69) is 24.1 Å². The summed E-state index contributed by atoms with van der Waals surface area (Å²) < 4.78 is 9.74. The molecule has 7 heteroatoms. The molecular weight excluding hydrogens is 348 g/mol. The van der Waals surface area contributed by atoms with Crippen molar-refractivity contribution in [3.63, 3.8) is 0 Å². The van der Waals surface area contributed by atoms with E-state index in [0.717, 1.165) is 18.8 Å². The van der Waals surface area contributed by atoms with Gasteiger partial charge in [0.15, 0.2) is 6.61 Å². The molecule has 7 nitrogen and oxygen atoms in total. The van der Waals surface area contributed by atoms with Gasteiger partial charge in [-0.1, -0.05) is 13.8 Å². The van der Waals surface area contributed by atoms with E-state index in [1.165, 1.54) is 7.11 Å². The predicted molar refractivity (Wildman–Crippen MR) is 104 cm³/mol. The lowest BCUT2D eigenvalue weighted by Gasteiger charge is -2.21. The molecule has 0 saturated heterocycles. The number of amides is 1. The van der Waals surface area contributed by atoms with Crippen LogP contribution in [0.3, 0.4) is 0 Å². The van der Waals surface area contributed by atoms with Gasteiger partial charge in [0.2, 0.25) is 0 Å². The molecule has 0 aliphatic rings. The van der Waals surface area contributed by atoms with Crippen LogP contribution < -0.4 is 10.2 Å². The number of ether oxygens (including phenoxy) is 2. The number of benzene rings is 1. The van der Waals surface area contributed by atoms with Crippen molar-refractivity contribution in [1.82, 2.24) is 5.32 Å². The van der Waals surface area contributed by atoms with Crippen LogP contribution in [0.15, 0.2) is 24.3 Å². The van der Waals surface area contributed by atoms with Crippen molar-refractivity contribution in [3.05, 3.63) is 29.8 Å². The van der Waals surface area contributed by atoms with E-state index in [1.807, 2.05) is 26.0 Å². The fourth-order valence-corrected chi connectivity index (χ4v) is 2.68. The summed E-state index contributed by atoms with van der Waals surface area (Å²) in [6.07, 6.45) is 0.444. The number of hydrogen-bond acceptors (Lipinski definition) is 6. The fourth-order valence-electron chi connectivity index (χ4n) is 2.68. The summed E-state index contributed by atoms with van der Waals surface area (Å²) in [6, 6.07) is 6.28. The monoisotopic (exact) mass is 378 g/mol. The third kappa shape index (κ3) is 7.29. The Labute approximate surface area is 161 Å². The highest BCUT2D eigenvalue weighted by molar-refractivity contribution is 5.92. The maximum Gasteiger partial charge on any atom is 0.338 e. The first-order valence-electron chi connectivity index (χ1n) is 9.21. The van der Waals surface area contributed by atoms with E-state index >= 15 is 0 Å². The molecule has 1 N–H and O–H groups in total. The summed E-state index contributed by atoms with van der Waals surface area (Å²) in [7, 11) is 1.27. The predicted octanol–water partition coefficient (Wildman–Crippen LogP) is 2.39. The molecule has 1 aromatic carbocycles. The van der Waals surface area contributed by atoms with E-state index in [0.29, 0.717) is 12.0 Å². The lowest BCUT2D eigenvalue weighted by atomic mass is 10.0. The van der Waals surface area contributed by atoms with E-state index in [-0.39, 0.29) is 5.92 Å². The first kappa shape index (κ1) is 22.5. The minimum Gasteiger partial charge on any atom is -0.467 e. The molecule has 0 radical (unpaired) electrons. The van der Waals surface area contributed by atoms with E-state index in [1.54, 1.807) is 12.1 Å². The average molecular weight is 378 g/mol. The summed E-state index contributed by atoms with van der Waals surface area (Å²) >= 11 is 0. The van der Waals surface area contributed by atoms with Crippen molar-refractivity contribution in [2.45, 2.75) is 40.2 Å². The first-order valence-corrected chi connectivity index (χ1v) is 9.21. The first-order chi connectivity index (χ1) is 12.8. The van der Waals surface area contributed by atoms with Crippen LogP contribution in [0.25, 0.3) is 0 Å². The fraction of sp³-hybridized carbons (Fsp3) is 0.550. The SMILES string of the molecule is CCN(CC)c1ccc(C(=O)OCC(=O)N[C@H](CC(C)C)C(=O)OC)cc1. The number of nitrogens with zero attached hydrogens (tertiary/aromatic N) is 1. The molecule has 0 heterocycles. The number of carbonyl (C=O) groups is 3. The highest BCUT2D eigenvalue weighted by atomic mass is 16.5. The quantitative estimate of drug-likeness (QED) is 0.629. The summed E-state index contributed by atoms with van der Waals surface area (Å²) in [6.45, 7) is 9.28. The molecule has 0 aliphatic heterocycles. The molecular formula is C20H30N2O5. The Bertz CT molecular complexity index is 624. The van der Waals surface area contributed by atoms with Crippen LogP contribution in [-0.4, -0.2) is 50.7 Å². The highest BCUT2D eigenvalue weighted by Crippen LogP contribution is 2.15. The highest BCUT2D eigenvalue weighted by Gasteiger charge is 2.23. The van der Waals surface area contributed by atoms with Gasteiger partial charge < -0.3 is 19.7 Å². The van der Waals surface area contributed by atoms with Gasteiger partial charge in [-0.3, -0.25) is 4.79 Å². The number of methoxy groups -OCH3 is 1. The van der Waals surface area contributed by atoms with Crippen LogP contribution in [0.1, 0.15) is 44.5 Å². The lowest BCUT2D eigenvalue weighted by molar-refractivity contribution is -0.145. The lowest BCUT2D eigenvalue weighted by Crippen LogP contribution is -2.44. The Balaban J connectivity index is 2.59. The zero-order valence-electron chi connectivity index (χ0n) is 16.8. The van der Waals surface area contributed by atoms with Gasteiger partial charge in [-0.05, 0) is 50.5 Å². The molecule has 1 amide bonds. The molecule has 150 valence electrons. The molecule has 1 rings (SSSR count). The Kier molecular flexibility index (Phi) is 9.33. The van der Waals surface area contributed by atoms with Crippen LogP contribution in [0.2, 0.25) is 0 Å². The van der Waals surface area contributed by atoms with E-state index in [9.17, 15) is 14.4 Å². The largest absolute Gasteiger partial charge is 0.467 e. The van der Waals surface area contributed by atoms with Gasteiger partial charge >= 0.3 is 11.9 Å². The topological polar surface area (TPSA) is 84.9 Å². The molecule has 0 aliphatic carbocycles. The number of rotatable bonds is 10. The summed E-state index contributed by atoms with van der Waals surface area (Å²) in [5.41, 5.74) is 1.38. The second-order valence-electron chi connectivity index (χ2n) is 6.57. The summed E-state index contributed by atoms with van der Waals surface area (Å²) in [5.74, 6) is -1.45. The summed E-state index contributed by atoms with van der Waals surface area (Å²) in [4.78, 5) is 38.0. The van der Waals surface area contributed by atoms with Gasteiger partial charge in [-0.25, -0.2) is 9.59 Å². The molecule has 27 heavy (non-hydrogen) atoms. The Morgan fingerprint density at radius 2 is 1.67 bits per heavy atom. The normalized spacial score (nSPS) is 11.6. The van der Waals surface area contributed by atoms with Gasteiger partial charge in [-0.15, -0.1) is 0 Å². The minimum absolute atomic E-state index is 0.196. The van der Waals surface area contributed by atoms with Crippen LogP contribution in [0.5, 0.6) is 0 Å². The average Bonchev–Trinajstić information content (AvgIpc) is 2.66. The van der Waals surface area contributed by atoms with Crippen molar-refractivity contribution in [1.29, 1.82) is 0 Å². The van der Waals surface area contributed by atoms with Crippen LogP contribution in [0.4, 0.5) is 5.69 Å². The Morgan fingerprint density at radius 3 is 2.15 bits per heavy atom. The maximum absolute atomic E-state index is 12.1. The Hall–Kier alpha value is -2.57. The van der Waals surface area contributed by atoms with Gasteiger partial charge in [0.25, 0.3) is 5.91 Å². The molecule has 0 aromatic heterocycles. The van der Waals surface area contributed by atoms with Crippen LogP contribution in [0, 0.1) is 5.92 Å². The van der Waals surface area contributed by atoms with Gasteiger partial charge in [-0.2, -0.15) is 0 Å². The summed E-state index contributed by atoms with van der Waals surface area (Å²) in [5, 5.41) is 2.55. The molecule has 0 unspecified atom stereocenters. The van der Waals surface area contributed by atoms with E-state index in [4.69, 9.17) is 9.47 Å². The number of nitrogens with one attached hydrogen (secondary N) is 1. The zero-order valence-corrected chi connectivity index (χ0v) is 16.8. The van der Waals surface area contributed by atoms with Crippen molar-refractivity contribution in [2.75, 3.05) is 31.7 Å². The number of hydrogen-bond donors (Lipinski definition) is 1. The van der Waals surface area contributed by atoms with Gasteiger partial charge in [0.1, 0.15) is 6.04 Å². The molecule has 0 fully saturated rings. The second-order valence-corrected chi connectivity index (χ2v) is 6.57. The number of anilines is 1. The minimum atomic E-state index is -0.755. The second kappa shape index (κ2) is 11.2. The van der Waals surface area contributed by atoms with E-state index < -0.39 is 30.5 Å². The Morgan fingerprint density at radius 1 is 1.07 bits per heavy atom. The molecule has 0 bridgehead atoms. The van der Waals surface area contributed by atoms with Crippen LogP contribution >= 0.6 is 0 Å². The third-order valence-electron chi connectivity index (χ3n) is 4.09. The molecule has 1 aromatic rings. The number of esters is 2. The van der Waals surface area contributed by atoms with Gasteiger partial charge in [0, 0.05) is 18.8 Å². The third-order valence-corrected chi connectivity index (χ3v) is 4.09.